The van der Waals surface area contributed by atoms with Gasteiger partial charge in [0.15, 0.2) is 5.65 Å². The van der Waals surface area contributed by atoms with Crippen molar-refractivity contribution in [3.05, 3.63) is 89.6 Å². The Bertz CT molecular complexity index is 1460. The highest BCUT2D eigenvalue weighted by Crippen LogP contribution is 2.35. The molecular formula is C28H27FN6O2. The van der Waals surface area contributed by atoms with E-state index in [0.717, 1.165) is 49.7 Å². The van der Waals surface area contributed by atoms with Crippen LogP contribution in [0.3, 0.4) is 0 Å². The summed E-state index contributed by atoms with van der Waals surface area (Å²) in [6, 6.07) is 16.3. The van der Waals surface area contributed by atoms with Crippen LogP contribution in [0.25, 0.3) is 11.7 Å². The van der Waals surface area contributed by atoms with Crippen molar-refractivity contribution in [2.75, 3.05) is 42.6 Å². The second kappa shape index (κ2) is 10.1. The molecular weight excluding hydrogens is 471 g/mol. The van der Waals surface area contributed by atoms with E-state index in [2.05, 4.69) is 19.8 Å². The van der Waals surface area contributed by atoms with E-state index in [-0.39, 0.29) is 17.6 Å². The lowest BCUT2D eigenvalue weighted by Crippen LogP contribution is -2.36. The quantitative estimate of drug-likeness (QED) is 0.289. The predicted molar refractivity (Wildman–Crippen MR) is 139 cm³/mol. The number of ketones is 1. The van der Waals surface area contributed by atoms with E-state index in [0.29, 0.717) is 30.2 Å². The summed E-state index contributed by atoms with van der Waals surface area (Å²) in [7, 11) is 0. The van der Waals surface area contributed by atoms with E-state index in [1.54, 1.807) is 28.9 Å². The Morgan fingerprint density at radius 2 is 1.89 bits per heavy atom. The number of aromatic nitrogens is 4. The molecule has 0 spiro atoms. The van der Waals surface area contributed by atoms with Crippen LogP contribution in [0.4, 0.5) is 16.0 Å². The molecule has 0 unspecified atom stereocenters. The minimum atomic E-state index is -0.244. The smallest absolute Gasteiger partial charge is 0.205 e. The largest absolute Gasteiger partial charge is 0.378 e. The molecule has 1 aromatic carbocycles. The molecule has 0 bridgehead atoms. The maximum absolute atomic E-state index is 13.9. The lowest BCUT2D eigenvalue weighted by molar-refractivity contribution is 0.104. The van der Waals surface area contributed by atoms with Gasteiger partial charge >= 0.3 is 0 Å². The van der Waals surface area contributed by atoms with Gasteiger partial charge in [-0.2, -0.15) is 0 Å². The van der Waals surface area contributed by atoms with Crippen molar-refractivity contribution >= 4 is 29.1 Å². The van der Waals surface area contributed by atoms with E-state index in [9.17, 15) is 9.18 Å². The van der Waals surface area contributed by atoms with E-state index in [4.69, 9.17) is 9.84 Å². The summed E-state index contributed by atoms with van der Waals surface area (Å²) >= 11 is 0. The fourth-order valence-corrected chi connectivity index (χ4v) is 5.03. The zero-order valence-corrected chi connectivity index (χ0v) is 20.3. The molecule has 3 aromatic heterocycles. The molecule has 8 nitrogen and oxygen atoms in total. The number of hydrogen-bond acceptors (Lipinski definition) is 7. The molecule has 0 aliphatic carbocycles. The number of rotatable bonds is 6. The van der Waals surface area contributed by atoms with Crippen LogP contribution in [0.5, 0.6) is 0 Å². The third kappa shape index (κ3) is 4.82. The van der Waals surface area contributed by atoms with Crippen molar-refractivity contribution in [3.8, 4) is 0 Å². The van der Waals surface area contributed by atoms with Gasteiger partial charge in [-0.25, -0.2) is 18.9 Å². The summed E-state index contributed by atoms with van der Waals surface area (Å²) in [5.74, 6) is 1.15. The fraction of sp³-hybridized carbons (Fsp3) is 0.286. The number of allylic oxidation sites excluding steroid dienone is 1. The Labute approximate surface area is 214 Å². The molecule has 9 heteroatoms. The first-order valence-corrected chi connectivity index (χ1v) is 12.5. The molecule has 2 aliphatic heterocycles. The summed E-state index contributed by atoms with van der Waals surface area (Å²) in [6.45, 7) is 3.77. The van der Waals surface area contributed by atoms with Crippen LogP contribution in [-0.4, -0.2) is 58.2 Å². The van der Waals surface area contributed by atoms with Gasteiger partial charge in [0.25, 0.3) is 0 Å². The highest BCUT2D eigenvalue weighted by atomic mass is 19.1. The lowest BCUT2D eigenvalue weighted by atomic mass is 10.0. The van der Waals surface area contributed by atoms with Crippen LogP contribution in [0.1, 0.15) is 40.6 Å². The van der Waals surface area contributed by atoms with Gasteiger partial charge in [-0.15, -0.1) is 5.10 Å². The minimum absolute atomic E-state index is 0.0352. The van der Waals surface area contributed by atoms with Crippen molar-refractivity contribution in [3.63, 3.8) is 0 Å². The number of halogens is 1. The Balaban J connectivity index is 1.24. The van der Waals surface area contributed by atoms with E-state index < -0.39 is 0 Å². The molecule has 1 atom stereocenters. The van der Waals surface area contributed by atoms with E-state index in [1.165, 1.54) is 12.1 Å². The first-order chi connectivity index (χ1) is 18.2. The third-order valence-electron chi connectivity index (χ3n) is 6.88. The van der Waals surface area contributed by atoms with Crippen LogP contribution in [-0.2, 0) is 4.74 Å². The summed E-state index contributed by atoms with van der Waals surface area (Å²) in [5.41, 5.74) is 2.60. The Kier molecular flexibility index (Phi) is 6.36. The number of benzene rings is 1. The molecule has 2 fully saturated rings. The standard InChI is InChI=1S/C28H27FN6O2/c29-21-5-1-4-20(18-21)23-7-3-13-34(23)28-12-11-26-30-19-24(35(26)32-28)25(36)10-9-22-6-2-8-27(31-22)33-14-16-37-17-15-33/h1-2,4-6,8-12,18-19,23H,3,7,13-17H2/t23-/m1/s1. The topological polar surface area (TPSA) is 75.9 Å². The minimum Gasteiger partial charge on any atom is -0.378 e. The number of imidazole rings is 1. The third-order valence-corrected chi connectivity index (χ3v) is 6.88. The summed E-state index contributed by atoms with van der Waals surface area (Å²) < 4.78 is 20.9. The van der Waals surface area contributed by atoms with Crippen molar-refractivity contribution in [1.29, 1.82) is 0 Å². The summed E-state index contributed by atoms with van der Waals surface area (Å²) in [4.78, 5) is 26.5. The number of carbonyl (C=O) groups is 1. The zero-order valence-electron chi connectivity index (χ0n) is 20.3. The number of fused-ring (bicyclic) bond motifs is 1. The average molecular weight is 499 g/mol. The zero-order chi connectivity index (χ0) is 25.2. The highest BCUT2D eigenvalue weighted by Gasteiger charge is 2.28. The Morgan fingerprint density at radius 3 is 2.76 bits per heavy atom. The van der Waals surface area contributed by atoms with Crippen LogP contribution < -0.4 is 9.80 Å². The van der Waals surface area contributed by atoms with Gasteiger partial charge in [0, 0.05) is 19.6 Å². The van der Waals surface area contributed by atoms with Gasteiger partial charge < -0.3 is 14.5 Å². The first kappa shape index (κ1) is 23.3. The Morgan fingerprint density at radius 1 is 1.03 bits per heavy atom. The molecule has 0 N–H and O–H groups in total. The van der Waals surface area contributed by atoms with E-state index >= 15 is 0 Å². The molecule has 4 aromatic rings. The van der Waals surface area contributed by atoms with Gasteiger partial charge in [0.2, 0.25) is 5.78 Å². The van der Waals surface area contributed by atoms with Gasteiger partial charge in [-0.05, 0) is 67.0 Å². The summed E-state index contributed by atoms with van der Waals surface area (Å²) in [6.07, 6.45) is 6.67. The SMILES string of the molecule is O=C(C=Cc1cccc(N2CCOCC2)n1)c1cnc2ccc(N3CCC[C@@H]3c3cccc(F)c3)nn12. The van der Waals surface area contributed by atoms with Crippen molar-refractivity contribution in [1.82, 2.24) is 19.6 Å². The highest BCUT2D eigenvalue weighted by molar-refractivity contribution is 6.05. The molecule has 0 amide bonds. The number of ether oxygens (including phenoxy) is 1. The van der Waals surface area contributed by atoms with Crippen molar-refractivity contribution < 1.29 is 13.9 Å². The van der Waals surface area contributed by atoms with Crippen LogP contribution in [0.15, 0.2) is 66.9 Å². The fourth-order valence-electron chi connectivity index (χ4n) is 5.03. The monoisotopic (exact) mass is 498 g/mol. The summed E-state index contributed by atoms with van der Waals surface area (Å²) in [5, 5.41) is 4.76. The van der Waals surface area contributed by atoms with Gasteiger partial charge in [-0.1, -0.05) is 18.2 Å². The maximum atomic E-state index is 13.9. The normalized spacial score (nSPS) is 18.2. The number of nitrogens with zero attached hydrogens (tertiary/aromatic N) is 6. The van der Waals surface area contributed by atoms with Gasteiger partial charge in [0.1, 0.15) is 23.1 Å². The molecule has 2 aliphatic rings. The maximum Gasteiger partial charge on any atom is 0.205 e. The van der Waals surface area contributed by atoms with Crippen LogP contribution in [0, 0.1) is 5.82 Å². The number of pyridine rings is 1. The predicted octanol–water partition coefficient (Wildman–Crippen LogP) is 4.34. The van der Waals surface area contributed by atoms with Gasteiger partial charge in [0.05, 0.1) is 31.1 Å². The number of carbonyl (C=O) groups excluding carboxylic acids is 1. The number of anilines is 2. The molecule has 0 saturated carbocycles. The molecule has 2 saturated heterocycles. The second-order valence-electron chi connectivity index (χ2n) is 9.23. The molecule has 6 rings (SSSR count). The van der Waals surface area contributed by atoms with Crippen molar-refractivity contribution in [2.24, 2.45) is 0 Å². The molecule has 5 heterocycles. The molecule has 188 valence electrons. The molecule has 0 radical (unpaired) electrons. The van der Waals surface area contributed by atoms with Crippen molar-refractivity contribution in [2.45, 2.75) is 18.9 Å². The van der Waals surface area contributed by atoms with E-state index in [1.807, 2.05) is 36.4 Å². The second-order valence-corrected chi connectivity index (χ2v) is 9.23. The van der Waals surface area contributed by atoms with Gasteiger partial charge in [-0.3, -0.25) is 4.79 Å². The average Bonchev–Trinajstić information content (AvgIpc) is 3.60. The molecule has 37 heavy (non-hydrogen) atoms. The first-order valence-electron chi connectivity index (χ1n) is 12.5. The Hall–Kier alpha value is -4.11. The number of morpholine rings is 1. The van der Waals surface area contributed by atoms with Crippen LogP contribution >= 0.6 is 0 Å². The van der Waals surface area contributed by atoms with Crippen LogP contribution in [0.2, 0.25) is 0 Å². The lowest BCUT2D eigenvalue weighted by Gasteiger charge is -2.27. The number of hydrogen-bond donors (Lipinski definition) is 0.